The first kappa shape index (κ1) is 32.0. The molecule has 9 aromatic rings. The molecule has 0 aliphatic carbocycles. The molecular formula is C51H38N2. The Hall–Kier alpha value is -6.90. The van der Waals surface area contributed by atoms with E-state index in [0.29, 0.717) is 0 Å². The summed E-state index contributed by atoms with van der Waals surface area (Å²) in [4.78, 5) is 4.71. The van der Waals surface area contributed by atoms with Crippen molar-refractivity contribution in [3.63, 3.8) is 0 Å². The van der Waals surface area contributed by atoms with Crippen LogP contribution >= 0.6 is 0 Å². The normalized spacial score (nSPS) is 11.1. The minimum atomic E-state index is 1.11. The Bertz CT molecular complexity index is 2580. The molecule has 0 unspecified atom stereocenters. The molecular weight excluding hydrogens is 641 g/mol. The molecule has 2 heteroatoms. The summed E-state index contributed by atoms with van der Waals surface area (Å²) in [6.45, 7) is 2.23. The van der Waals surface area contributed by atoms with Crippen LogP contribution in [0.3, 0.4) is 0 Å². The Balaban J connectivity index is 1.39. The lowest BCUT2D eigenvalue weighted by atomic mass is 9.84. The van der Waals surface area contributed by atoms with Gasteiger partial charge in [-0.2, -0.15) is 0 Å². The predicted octanol–water partition coefficient (Wildman–Crippen LogP) is 14.6. The molecule has 0 heterocycles. The molecule has 53 heavy (non-hydrogen) atoms. The molecule has 0 bridgehead atoms. The number of hydrogen-bond acceptors (Lipinski definition) is 2. The first-order valence-corrected chi connectivity index (χ1v) is 18.2. The molecule has 0 amide bonds. The third-order valence-electron chi connectivity index (χ3n) is 10.1. The van der Waals surface area contributed by atoms with Crippen LogP contribution in [-0.4, -0.2) is 0 Å². The second kappa shape index (κ2) is 14.0. The number of para-hydroxylation sites is 4. The largest absolute Gasteiger partial charge is 0.310 e. The maximum atomic E-state index is 2.40. The lowest BCUT2D eigenvalue weighted by molar-refractivity contribution is 1.29. The monoisotopic (exact) mass is 678 g/mol. The summed E-state index contributed by atoms with van der Waals surface area (Å²) in [7, 11) is 0. The van der Waals surface area contributed by atoms with Crippen molar-refractivity contribution in [3.05, 3.63) is 218 Å². The minimum absolute atomic E-state index is 1.11. The van der Waals surface area contributed by atoms with Gasteiger partial charge in [0.2, 0.25) is 0 Å². The number of rotatable bonds is 8. The molecule has 0 spiro atoms. The third kappa shape index (κ3) is 6.01. The van der Waals surface area contributed by atoms with E-state index in [-0.39, 0.29) is 0 Å². The summed E-state index contributed by atoms with van der Waals surface area (Å²) in [6, 6.07) is 76.4. The SMILES string of the molecule is Cc1ccccc1-c1c2ccc(N(c3ccccc3)c3ccccc3)cc2c(-c2ccccc2)c2ccc(N(c3ccccc3)c3ccccc3)cc12. The molecule has 0 atom stereocenters. The Morgan fingerprint density at radius 2 is 0.642 bits per heavy atom. The molecule has 0 aliphatic rings. The van der Waals surface area contributed by atoms with Gasteiger partial charge in [0, 0.05) is 34.1 Å². The van der Waals surface area contributed by atoms with E-state index in [9.17, 15) is 0 Å². The Labute approximate surface area is 311 Å². The Morgan fingerprint density at radius 1 is 0.283 bits per heavy atom. The number of fused-ring (bicyclic) bond motifs is 2. The van der Waals surface area contributed by atoms with Gasteiger partial charge in [0.25, 0.3) is 0 Å². The van der Waals surface area contributed by atoms with Gasteiger partial charge in [-0.25, -0.2) is 0 Å². The number of aryl methyl sites for hydroxylation is 1. The van der Waals surface area contributed by atoms with Gasteiger partial charge in [0.15, 0.2) is 0 Å². The average Bonchev–Trinajstić information content (AvgIpc) is 3.22. The number of nitrogens with zero attached hydrogens (tertiary/aromatic N) is 2. The molecule has 0 fully saturated rings. The maximum Gasteiger partial charge on any atom is 0.0468 e. The quantitative estimate of drug-likeness (QED) is 0.148. The van der Waals surface area contributed by atoms with E-state index < -0.39 is 0 Å². The fraction of sp³-hybridized carbons (Fsp3) is 0.0196. The highest BCUT2D eigenvalue weighted by atomic mass is 15.1. The summed E-state index contributed by atoms with van der Waals surface area (Å²) in [5.41, 5.74) is 12.8. The Kier molecular flexibility index (Phi) is 8.47. The van der Waals surface area contributed by atoms with E-state index in [1.165, 1.54) is 49.4 Å². The van der Waals surface area contributed by atoms with Crippen LogP contribution in [0.25, 0.3) is 43.8 Å². The first-order chi connectivity index (χ1) is 26.2. The van der Waals surface area contributed by atoms with Crippen molar-refractivity contribution < 1.29 is 0 Å². The molecule has 0 N–H and O–H groups in total. The van der Waals surface area contributed by atoms with Crippen molar-refractivity contribution in [1.82, 2.24) is 0 Å². The highest BCUT2D eigenvalue weighted by molar-refractivity contribution is 6.23. The lowest BCUT2D eigenvalue weighted by Crippen LogP contribution is -2.10. The van der Waals surface area contributed by atoms with Gasteiger partial charge >= 0.3 is 0 Å². The highest BCUT2D eigenvalue weighted by Crippen LogP contribution is 2.48. The fourth-order valence-corrected chi connectivity index (χ4v) is 7.74. The van der Waals surface area contributed by atoms with Crippen molar-refractivity contribution in [3.8, 4) is 22.3 Å². The van der Waals surface area contributed by atoms with Crippen molar-refractivity contribution >= 4 is 55.7 Å². The van der Waals surface area contributed by atoms with Crippen molar-refractivity contribution in [2.45, 2.75) is 6.92 Å². The molecule has 0 saturated carbocycles. The first-order valence-electron chi connectivity index (χ1n) is 18.2. The van der Waals surface area contributed by atoms with Gasteiger partial charge in [0.05, 0.1) is 0 Å². The fourth-order valence-electron chi connectivity index (χ4n) is 7.74. The summed E-state index contributed by atoms with van der Waals surface area (Å²) in [6.07, 6.45) is 0. The van der Waals surface area contributed by atoms with Gasteiger partial charge < -0.3 is 9.80 Å². The minimum Gasteiger partial charge on any atom is -0.310 e. The summed E-state index contributed by atoms with van der Waals surface area (Å²) in [5.74, 6) is 0. The predicted molar refractivity (Wildman–Crippen MR) is 226 cm³/mol. The summed E-state index contributed by atoms with van der Waals surface area (Å²) < 4.78 is 0. The topological polar surface area (TPSA) is 6.48 Å². The lowest BCUT2D eigenvalue weighted by Gasteiger charge is -2.28. The van der Waals surface area contributed by atoms with Crippen LogP contribution < -0.4 is 9.80 Å². The van der Waals surface area contributed by atoms with Crippen LogP contribution in [0.2, 0.25) is 0 Å². The van der Waals surface area contributed by atoms with Gasteiger partial charge in [-0.1, -0.05) is 140 Å². The van der Waals surface area contributed by atoms with Crippen molar-refractivity contribution in [1.29, 1.82) is 0 Å². The van der Waals surface area contributed by atoms with Crippen LogP contribution in [0.4, 0.5) is 34.1 Å². The van der Waals surface area contributed by atoms with Gasteiger partial charge in [-0.3, -0.25) is 0 Å². The molecule has 0 aliphatic heterocycles. The van der Waals surface area contributed by atoms with E-state index in [2.05, 4.69) is 229 Å². The number of hydrogen-bond donors (Lipinski definition) is 0. The standard InChI is InChI=1S/C51H38N2/c1-37-19-17-18-30-45(37)51-47-34-32-43(52(39-22-9-3-10-23-39)40-24-11-4-12-25-40)35-48(47)50(38-20-7-2-8-21-38)46-33-31-44(36-49(46)51)53(41-26-13-5-14-27-41)42-28-15-6-16-29-42/h2-36H,1H3. The van der Waals surface area contributed by atoms with E-state index in [4.69, 9.17) is 0 Å². The maximum absolute atomic E-state index is 2.40. The van der Waals surface area contributed by atoms with E-state index in [0.717, 1.165) is 34.1 Å². The molecule has 0 radical (unpaired) electrons. The number of benzene rings is 9. The zero-order chi connectivity index (χ0) is 35.6. The van der Waals surface area contributed by atoms with E-state index >= 15 is 0 Å². The van der Waals surface area contributed by atoms with Crippen LogP contribution in [-0.2, 0) is 0 Å². The molecule has 252 valence electrons. The summed E-state index contributed by atoms with van der Waals surface area (Å²) >= 11 is 0. The molecule has 9 aromatic carbocycles. The third-order valence-corrected chi connectivity index (χ3v) is 10.1. The molecule has 0 saturated heterocycles. The van der Waals surface area contributed by atoms with Crippen LogP contribution in [0.1, 0.15) is 5.56 Å². The number of anilines is 6. The van der Waals surface area contributed by atoms with Gasteiger partial charge in [0.1, 0.15) is 0 Å². The molecule has 2 nitrogen and oxygen atoms in total. The zero-order valence-corrected chi connectivity index (χ0v) is 29.6. The molecule has 0 aromatic heterocycles. The van der Waals surface area contributed by atoms with Crippen LogP contribution in [0.5, 0.6) is 0 Å². The highest BCUT2D eigenvalue weighted by Gasteiger charge is 2.22. The second-order valence-electron chi connectivity index (χ2n) is 13.4. The Morgan fingerprint density at radius 3 is 1.08 bits per heavy atom. The second-order valence-corrected chi connectivity index (χ2v) is 13.4. The van der Waals surface area contributed by atoms with Crippen LogP contribution in [0, 0.1) is 6.92 Å². The van der Waals surface area contributed by atoms with Gasteiger partial charge in [-0.05, 0) is 129 Å². The van der Waals surface area contributed by atoms with Crippen molar-refractivity contribution in [2.75, 3.05) is 9.80 Å². The zero-order valence-electron chi connectivity index (χ0n) is 29.6. The smallest absolute Gasteiger partial charge is 0.0468 e. The van der Waals surface area contributed by atoms with Crippen molar-refractivity contribution in [2.24, 2.45) is 0 Å². The van der Waals surface area contributed by atoms with E-state index in [1.807, 2.05) is 0 Å². The van der Waals surface area contributed by atoms with E-state index in [1.54, 1.807) is 0 Å². The molecule has 9 rings (SSSR count). The van der Waals surface area contributed by atoms with Crippen LogP contribution in [0.15, 0.2) is 212 Å². The average molecular weight is 679 g/mol. The van der Waals surface area contributed by atoms with Gasteiger partial charge in [-0.15, -0.1) is 0 Å². The summed E-state index contributed by atoms with van der Waals surface area (Å²) in [5, 5.41) is 4.87.